The number of hydrogen-bond donors (Lipinski definition) is 0. The number of carbonyl (C=O) groups excluding carboxylic acids is 1. The van der Waals surface area contributed by atoms with Crippen LogP contribution in [0.25, 0.3) is 0 Å². The van der Waals surface area contributed by atoms with Crippen LogP contribution in [0.4, 0.5) is 0 Å². The van der Waals surface area contributed by atoms with Crippen molar-refractivity contribution in [2.75, 3.05) is 0 Å². The summed E-state index contributed by atoms with van der Waals surface area (Å²) in [4.78, 5) is 10.7. The van der Waals surface area contributed by atoms with Crippen molar-refractivity contribution in [3.63, 3.8) is 0 Å². The van der Waals surface area contributed by atoms with Gasteiger partial charge in [-0.15, -0.1) is 0 Å². The van der Waals surface area contributed by atoms with Crippen LogP contribution in [0.15, 0.2) is 30.3 Å². The van der Waals surface area contributed by atoms with E-state index in [0.29, 0.717) is 6.42 Å². The van der Waals surface area contributed by atoms with Crippen molar-refractivity contribution < 1.29 is 9.53 Å². The topological polar surface area (TPSA) is 26.3 Å². The van der Waals surface area contributed by atoms with Crippen molar-refractivity contribution in [3.05, 3.63) is 30.3 Å². The van der Waals surface area contributed by atoms with Gasteiger partial charge in [0.05, 0.1) is 0 Å². The molecule has 0 fully saturated rings. The first-order valence-electron chi connectivity index (χ1n) is 8.02. The summed E-state index contributed by atoms with van der Waals surface area (Å²) in [6.07, 6.45) is 11.5. The number of rotatable bonds is 12. The predicted octanol–water partition coefficient (Wildman–Crippen LogP) is 5.16. The van der Waals surface area contributed by atoms with Gasteiger partial charge in [0, 0.05) is 6.42 Å². The molecule has 0 spiro atoms. The van der Waals surface area contributed by atoms with Crippen molar-refractivity contribution in [2.24, 2.45) is 0 Å². The van der Waals surface area contributed by atoms with E-state index in [1.807, 2.05) is 30.3 Å². The van der Waals surface area contributed by atoms with E-state index in [4.69, 9.17) is 4.74 Å². The third kappa shape index (κ3) is 7.98. The molecule has 0 aromatic heterocycles. The Morgan fingerprint density at radius 1 is 1.00 bits per heavy atom. The third-order valence-electron chi connectivity index (χ3n) is 3.53. The predicted molar refractivity (Wildman–Crippen MR) is 84.1 cm³/mol. The molecule has 0 heterocycles. The van der Waals surface area contributed by atoms with Gasteiger partial charge in [-0.3, -0.25) is 0 Å². The van der Waals surface area contributed by atoms with E-state index in [-0.39, 0.29) is 6.10 Å². The lowest BCUT2D eigenvalue weighted by molar-refractivity contribution is -0.109. The fraction of sp³-hybridized carbons (Fsp3) is 0.611. The summed E-state index contributed by atoms with van der Waals surface area (Å²) in [7, 11) is 0. The fourth-order valence-electron chi connectivity index (χ4n) is 2.35. The average Bonchev–Trinajstić information content (AvgIpc) is 2.47. The van der Waals surface area contributed by atoms with Crippen molar-refractivity contribution in [1.29, 1.82) is 0 Å². The Morgan fingerprint density at radius 2 is 1.65 bits per heavy atom. The Morgan fingerprint density at radius 3 is 2.30 bits per heavy atom. The minimum absolute atomic E-state index is 0.0329. The second kappa shape index (κ2) is 11.5. The van der Waals surface area contributed by atoms with E-state index >= 15 is 0 Å². The number of hydrogen-bond acceptors (Lipinski definition) is 2. The molecule has 0 aliphatic heterocycles. The molecule has 0 amide bonds. The molecule has 0 N–H and O–H groups in total. The molecular weight excluding hydrogens is 248 g/mol. The molecule has 0 aliphatic rings. The molecule has 1 aromatic rings. The van der Waals surface area contributed by atoms with Crippen LogP contribution in [0.2, 0.25) is 0 Å². The lowest BCUT2D eigenvalue weighted by Crippen LogP contribution is -2.17. The Labute approximate surface area is 123 Å². The fourth-order valence-corrected chi connectivity index (χ4v) is 2.35. The van der Waals surface area contributed by atoms with Gasteiger partial charge in [0.25, 0.3) is 0 Å². The number of para-hydroxylation sites is 1. The van der Waals surface area contributed by atoms with Gasteiger partial charge >= 0.3 is 0 Å². The third-order valence-corrected chi connectivity index (χ3v) is 3.53. The van der Waals surface area contributed by atoms with Gasteiger partial charge in [-0.05, 0) is 25.0 Å². The van der Waals surface area contributed by atoms with Crippen molar-refractivity contribution in [1.82, 2.24) is 0 Å². The summed E-state index contributed by atoms with van der Waals surface area (Å²) in [5.74, 6) is 0.863. The van der Waals surface area contributed by atoms with E-state index < -0.39 is 0 Å². The van der Waals surface area contributed by atoms with Crippen LogP contribution in [0, 0.1) is 0 Å². The molecule has 20 heavy (non-hydrogen) atoms. The van der Waals surface area contributed by atoms with Gasteiger partial charge in [0.1, 0.15) is 18.1 Å². The molecule has 0 saturated heterocycles. The zero-order valence-electron chi connectivity index (χ0n) is 12.7. The second-order valence-electron chi connectivity index (χ2n) is 5.37. The van der Waals surface area contributed by atoms with Gasteiger partial charge in [-0.25, -0.2) is 0 Å². The molecule has 1 unspecified atom stereocenters. The molecule has 2 nitrogen and oxygen atoms in total. The summed E-state index contributed by atoms with van der Waals surface area (Å²) < 4.78 is 5.87. The van der Waals surface area contributed by atoms with E-state index in [9.17, 15) is 4.79 Å². The van der Waals surface area contributed by atoms with Crippen LogP contribution < -0.4 is 4.74 Å². The lowest BCUT2D eigenvalue weighted by atomic mass is 10.1. The normalized spacial score (nSPS) is 12.1. The first kappa shape index (κ1) is 16.7. The van der Waals surface area contributed by atoms with Gasteiger partial charge in [-0.1, -0.05) is 63.6 Å². The molecule has 0 bridgehead atoms. The van der Waals surface area contributed by atoms with Gasteiger partial charge < -0.3 is 9.53 Å². The van der Waals surface area contributed by atoms with Crippen LogP contribution in [0.3, 0.4) is 0 Å². The van der Waals surface area contributed by atoms with Crippen molar-refractivity contribution >= 4 is 6.29 Å². The van der Waals surface area contributed by atoms with Crippen LogP contribution >= 0.6 is 0 Å². The summed E-state index contributed by atoms with van der Waals surface area (Å²) >= 11 is 0. The first-order chi connectivity index (χ1) is 9.86. The van der Waals surface area contributed by atoms with Crippen LogP contribution in [-0.4, -0.2) is 12.4 Å². The average molecular weight is 276 g/mol. The Balaban J connectivity index is 2.17. The van der Waals surface area contributed by atoms with E-state index in [1.54, 1.807) is 0 Å². The monoisotopic (exact) mass is 276 g/mol. The molecule has 1 atom stereocenters. The molecule has 2 heteroatoms. The van der Waals surface area contributed by atoms with E-state index in [1.165, 1.54) is 38.5 Å². The highest BCUT2D eigenvalue weighted by atomic mass is 16.5. The Kier molecular flexibility index (Phi) is 9.64. The van der Waals surface area contributed by atoms with Crippen molar-refractivity contribution in [3.8, 4) is 5.75 Å². The van der Waals surface area contributed by atoms with Gasteiger partial charge in [0.2, 0.25) is 0 Å². The Bertz CT molecular complexity index is 335. The second-order valence-corrected chi connectivity index (χ2v) is 5.37. The van der Waals surface area contributed by atoms with Crippen LogP contribution in [0.1, 0.15) is 64.7 Å². The highest BCUT2D eigenvalue weighted by Gasteiger charge is 2.09. The maximum absolute atomic E-state index is 10.7. The molecule has 112 valence electrons. The van der Waals surface area contributed by atoms with Gasteiger partial charge in [0.15, 0.2) is 0 Å². The zero-order chi connectivity index (χ0) is 14.5. The Hall–Kier alpha value is -1.31. The first-order valence-corrected chi connectivity index (χ1v) is 8.02. The zero-order valence-corrected chi connectivity index (χ0v) is 12.7. The lowest BCUT2D eigenvalue weighted by Gasteiger charge is -2.16. The molecular formula is C18H28O2. The largest absolute Gasteiger partial charge is 0.490 e. The quantitative estimate of drug-likeness (QED) is 0.389. The number of ether oxygens (including phenoxy) is 1. The smallest absolute Gasteiger partial charge is 0.123 e. The van der Waals surface area contributed by atoms with Crippen molar-refractivity contribution in [2.45, 2.75) is 70.8 Å². The molecule has 1 aromatic carbocycles. The summed E-state index contributed by atoms with van der Waals surface area (Å²) in [6.45, 7) is 2.24. The summed E-state index contributed by atoms with van der Waals surface area (Å²) in [5, 5.41) is 0. The van der Waals surface area contributed by atoms with Crippen LogP contribution in [0.5, 0.6) is 5.75 Å². The molecule has 0 aliphatic carbocycles. The molecule has 1 rings (SSSR count). The summed E-state index contributed by atoms with van der Waals surface area (Å²) in [5.41, 5.74) is 0. The molecule has 0 saturated carbocycles. The summed E-state index contributed by atoms with van der Waals surface area (Å²) in [6, 6.07) is 9.78. The SMILES string of the molecule is CCCCCCCCCC(CC=O)Oc1ccccc1. The highest BCUT2D eigenvalue weighted by Crippen LogP contribution is 2.17. The molecule has 0 radical (unpaired) electrons. The maximum atomic E-state index is 10.7. The van der Waals surface area contributed by atoms with E-state index in [2.05, 4.69) is 6.92 Å². The standard InChI is InChI=1S/C18H28O2/c1-2-3-4-5-6-7-9-14-18(15-16-19)20-17-12-10-8-11-13-17/h8,10-13,16,18H,2-7,9,14-15H2,1H3. The number of aldehydes is 1. The number of benzene rings is 1. The van der Waals surface area contributed by atoms with E-state index in [0.717, 1.165) is 24.9 Å². The van der Waals surface area contributed by atoms with Crippen LogP contribution in [-0.2, 0) is 4.79 Å². The highest BCUT2D eigenvalue weighted by molar-refractivity contribution is 5.50. The minimum Gasteiger partial charge on any atom is -0.490 e. The van der Waals surface area contributed by atoms with Gasteiger partial charge in [-0.2, -0.15) is 0 Å². The minimum atomic E-state index is 0.0329. The maximum Gasteiger partial charge on any atom is 0.123 e. The number of unbranched alkanes of at least 4 members (excludes halogenated alkanes) is 6. The number of carbonyl (C=O) groups is 1.